The van der Waals surface area contributed by atoms with Gasteiger partial charge in [-0.05, 0) is 36.8 Å². The fraction of sp³-hybridized carbons (Fsp3) is 0.0833. The number of rotatable bonds is 1. The number of carbonyl (C=O) groups is 1. The molecule has 0 aliphatic carbocycles. The van der Waals surface area contributed by atoms with E-state index in [0.717, 1.165) is 16.5 Å². The van der Waals surface area contributed by atoms with Gasteiger partial charge in [-0.15, -0.1) is 0 Å². The monoisotopic (exact) mass is 199 g/mol. The third-order valence-corrected chi connectivity index (χ3v) is 2.23. The number of nitrogens with zero attached hydrogens (tertiary/aromatic N) is 1. The van der Waals surface area contributed by atoms with Gasteiger partial charge in [-0.3, -0.25) is 9.78 Å². The highest BCUT2D eigenvalue weighted by Gasteiger charge is 2.04. The number of nitrogens with one attached hydrogen (secondary N) is 1. The summed E-state index contributed by atoms with van der Waals surface area (Å²) in [4.78, 5) is 15.6. The van der Waals surface area contributed by atoms with E-state index in [9.17, 15) is 4.79 Å². The average Bonchev–Trinajstić information content (AvgIpc) is 2.27. The molecule has 1 aromatic heterocycles. The Hall–Kier alpha value is -1.90. The smallest absolute Gasteiger partial charge is 0.251 e. The number of fused-ring (bicyclic) bond motifs is 1. The zero-order chi connectivity index (χ0) is 10.8. The Bertz CT molecular complexity index is 520. The summed E-state index contributed by atoms with van der Waals surface area (Å²) in [7, 11) is 1.61. The summed E-state index contributed by atoms with van der Waals surface area (Å²) >= 11 is 0. The van der Waals surface area contributed by atoms with E-state index in [1.807, 2.05) is 18.2 Å². The van der Waals surface area contributed by atoms with Crippen LogP contribution in [0.1, 0.15) is 15.9 Å². The molecule has 2 rings (SSSR count). The molecule has 0 aliphatic heterocycles. The molecule has 0 unspecified atom stereocenters. The second-order valence-corrected chi connectivity index (χ2v) is 3.33. The van der Waals surface area contributed by atoms with Crippen LogP contribution in [0.3, 0.4) is 0 Å². The second-order valence-electron chi connectivity index (χ2n) is 3.33. The van der Waals surface area contributed by atoms with E-state index in [1.165, 1.54) is 0 Å². The number of hydrogen-bond donors (Lipinski definition) is 1. The van der Waals surface area contributed by atoms with Crippen LogP contribution in [0.5, 0.6) is 0 Å². The van der Waals surface area contributed by atoms with Gasteiger partial charge >= 0.3 is 0 Å². The molecule has 3 heteroatoms. The van der Waals surface area contributed by atoms with Crippen molar-refractivity contribution in [3.63, 3.8) is 0 Å². The Morgan fingerprint density at radius 3 is 2.93 bits per heavy atom. The van der Waals surface area contributed by atoms with Crippen molar-refractivity contribution < 1.29 is 4.79 Å². The van der Waals surface area contributed by atoms with Crippen LogP contribution in [0.2, 0.25) is 0 Å². The number of carbonyl (C=O) groups excluding carboxylic acids is 1. The van der Waals surface area contributed by atoms with E-state index < -0.39 is 0 Å². The Kier molecular flexibility index (Phi) is 2.37. The van der Waals surface area contributed by atoms with Crippen LogP contribution in [0, 0.1) is 6.92 Å². The minimum Gasteiger partial charge on any atom is -0.355 e. The fourth-order valence-corrected chi connectivity index (χ4v) is 1.46. The molecule has 0 atom stereocenters. The molecule has 1 amide bonds. The lowest BCUT2D eigenvalue weighted by Gasteiger charge is -2.02. The number of benzene rings is 1. The molecule has 0 saturated carbocycles. The average molecular weight is 199 g/mol. The first-order chi connectivity index (χ1) is 7.20. The number of aromatic nitrogens is 1. The molecule has 0 bridgehead atoms. The van der Waals surface area contributed by atoms with Crippen molar-refractivity contribution in [3.05, 3.63) is 48.5 Å². The van der Waals surface area contributed by atoms with Gasteiger partial charge in [0, 0.05) is 24.2 Å². The molecule has 1 N–H and O–H groups in total. The molecule has 0 spiro atoms. The topological polar surface area (TPSA) is 42.0 Å². The van der Waals surface area contributed by atoms with Gasteiger partial charge in [-0.25, -0.2) is 0 Å². The van der Waals surface area contributed by atoms with Crippen LogP contribution in [-0.4, -0.2) is 17.9 Å². The third kappa shape index (κ3) is 1.81. The van der Waals surface area contributed by atoms with Gasteiger partial charge in [-0.1, -0.05) is 0 Å². The molecule has 2 aromatic rings. The Morgan fingerprint density at radius 2 is 2.20 bits per heavy atom. The molecule has 15 heavy (non-hydrogen) atoms. The van der Waals surface area contributed by atoms with E-state index in [4.69, 9.17) is 0 Å². The van der Waals surface area contributed by atoms with Crippen molar-refractivity contribution in [2.75, 3.05) is 7.05 Å². The summed E-state index contributed by atoms with van der Waals surface area (Å²) in [5.41, 5.74) is 2.35. The van der Waals surface area contributed by atoms with Gasteiger partial charge in [0.25, 0.3) is 5.91 Å². The van der Waals surface area contributed by atoms with Gasteiger partial charge in [0.1, 0.15) is 0 Å². The first-order valence-electron chi connectivity index (χ1n) is 4.64. The summed E-state index contributed by atoms with van der Waals surface area (Å²) in [5, 5.41) is 3.52. The van der Waals surface area contributed by atoms with E-state index in [-0.39, 0.29) is 5.91 Å². The Morgan fingerprint density at radius 1 is 1.40 bits per heavy atom. The summed E-state index contributed by atoms with van der Waals surface area (Å²) in [5.74, 6) is -0.0913. The van der Waals surface area contributed by atoms with Gasteiger partial charge in [0.2, 0.25) is 0 Å². The highest BCUT2D eigenvalue weighted by Crippen LogP contribution is 2.15. The van der Waals surface area contributed by atoms with Crippen LogP contribution in [0.4, 0.5) is 0 Å². The second kappa shape index (κ2) is 3.69. The number of hydrogen-bond acceptors (Lipinski definition) is 2. The molecule has 75 valence electrons. The maximum absolute atomic E-state index is 11.4. The zero-order valence-corrected chi connectivity index (χ0v) is 8.45. The number of pyridine rings is 1. The van der Waals surface area contributed by atoms with Crippen molar-refractivity contribution in [1.82, 2.24) is 10.3 Å². The maximum Gasteiger partial charge on any atom is 0.251 e. The van der Waals surface area contributed by atoms with Gasteiger partial charge in [-0.2, -0.15) is 0 Å². The summed E-state index contributed by atoms with van der Waals surface area (Å²) in [6.07, 6.45) is 1.71. The molecule has 0 aliphatic rings. The standard InChI is InChI=1S/C12H11N2O/c1-8-5-10-6-9(12(15)13-2)3-4-11(10)14-7-8/h3-7H,1H2,2H3,(H,13,15). The van der Waals surface area contributed by atoms with Gasteiger partial charge < -0.3 is 5.32 Å². The molecular formula is C12H11N2O. The summed E-state index contributed by atoms with van der Waals surface area (Å²) in [6.45, 7) is 3.80. The van der Waals surface area contributed by atoms with E-state index in [0.29, 0.717) is 5.56 Å². The van der Waals surface area contributed by atoms with Crippen molar-refractivity contribution in [2.45, 2.75) is 0 Å². The minimum absolute atomic E-state index is 0.0913. The highest BCUT2D eigenvalue weighted by molar-refractivity contribution is 5.97. The van der Waals surface area contributed by atoms with Gasteiger partial charge in [0.05, 0.1) is 5.52 Å². The summed E-state index contributed by atoms with van der Waals surface area (Å²) in [6, 6.07) is 7.32. The predicted molar refractivity (Wildman–Crippen MR) is 59.6 cm³/mol. The lowest BCUT2D eigenvalue weighted by atomic mass is 10.1. The van der Waals surface area contributed by atoms with Crippen LogP contribution >= 0.6 is 0 Å². The third-order valence-electron chi connectivity index (χ3n) is 2.23. The molecular weight excluding hydrogens is 188 g/mol. The Labute approximate surface area is 88.1 Å². The van der Waals surface area contributed by atoms with Crippen LogP contribution in [0.15, 0.2) is 30.5 Å². The first kappa shape index (κ1) is 9.65. The van der Waals surface area contributed by atoms with Crippen molar-refractivity contribution in [3.8, 4) is 0 Å². The largest absolute Gasteiger partial charge is 0.355 e. The van der Waals surface area contributed by atoms with Gasteiger partial charge in [0.15, 0.2) is 0 Å². The lowest BCUT2D eigenvalue weighted by Crippen LogP contribution is -2.17. The molecule has 1 aromatic carbocycles. The van der Waals surface area contributed by atoms with E-state index in [1.54, 1.807) is 19.3 Å². The van der Waals surface area contributed by atoms with Crippen molar-refractivity contribution in [2.24, 2.45) is 0 Å². The molecule has 1 heterocycles. The summed E-state index contributed by atoms with van der Waals surface area (Å²) < 4.78 is 0. The number of amides is 1. The van der Waals surface area contributed by atoms with E-state index >= 15 is 0 Å². The maximum atomic E-state index is 11.4. The molecule has 3 nitrogen and oxygen atoms in total. The van der Waals surface area contributed by atoms with Crippen molar-refractivity contribution >= 4 is 16.8 Å². The predicted octanol–water partition coefficient (Wildman–Crippen LogP) is 1.78. The lowest BCUT2D eigenvalue weighted by molar-refractivity contribution is 0.0963. The minimum atomic E-state index is -0.0913. The molecule has 1 radical (unpaired) electrons. The van der Waals surface area contributed by atoms with Crippen molar-refractivity contribution in [1.29, 1.82) is 0 Å². The highest BCUT2D eigenvalue weighted by atomic mass is 16.1. The van der Waals surface area contributed by atoms with Crippen LogP contribution < -0.4 is 5.32 Å². The SMILES string of the molecule is [CH2]c1cnc2ccc(C(=O)NC)cc2c1. The molecule has 0 fully saturated rings. The normalized spacial score (nSPS) is 10.3. The van der Waals surface area contributed by atoms with Crippen LogP contribution in [0.25, 0.3) is 10.9 Å². The van der Waals surface area contributed by atoms with E-state index in [2.05, 4.69) is 17.2 Å². The fourth-order valence-electron chi connectivity index (χ4n) is 1.46. The molecule has 0 saturated heterocycles. The quantitative estimate of drug-likeness (QED) is 0.760. The first-order valence-corrected chi connectivity index (χ1v) is 4.64. The zero-order valence-electron chi connectivity index (χ0n) is 8.45. The Balaban J connectivity index is 2.59. The van der Waals surface area contributed by atoms with Crippen LogP contribution in [-0.2, 0) is 0 Å².